The van der Waals surface area contributed by atoms with Crippen LogP contribution in [0.3, 0.4) is 0 Å². The van der Waals surface area contributed by atoms with Crippen LogP contribution in [-0.4, -0.2) is 12.0 Å². The molecule has 0 saturated heterocycles. The number of halogens is 2. The fourth-order valence-corrected chi connectivity index (χ4v) is 1.85. The van der Waals surface area contributed by atoms with E-state index in [1.807, 2.05) is 0 Å². The molecule has 0 bridgehead atoms. The van der Waals surface area contributed by atoms with Crippen LogP contribution < -0.4 is 15.8 Å². The normalized spacial score (nSPS) is 11.8. The molecule has 2 aromatic carbocycles. The van der Waals surface area contributed by atoms with Crippen LogP contribution in [0.15, 0.2) is 42.5 Å². The van der Waals surface area contributed by atoms with E-state index >= 15 is 0 Å². The summed E-state index contributed by atoms with van der Waals surface area (Å²) in [6, 6.07) is 10.6. The minimum atomic E-state index is -0.878. The summed E-state index contributed by atoms with van der Waals surface area (Å²) in [6.45, 7) is 1.52. The molecular weight excluding hydrogens is 295 g/mol. The number of ether oxygens (including phenoxy) is 1. The molecule has 1 atom stereocenters. The first-order valence-corrected chi connectivity index (χ1v) is 6.62. The maximum absolute atomic E-state index is 13.5. The first-order chi connectivity index (χ1) is 9.97. The fourth-order valence-electron chi connectivity index (χ4n) is 1.67. The van der Waals surface area contributed by atoms with Gasteiger partial charge in [0, 0.05) is 5.02 Å². The van der Waals surface area contributed by atoms with Gasteiger partial charge in [-0.05, 0) is 37.3 Å². The van der Waals surface area contributed by atoms with Gasteiger partial charge in [0.2, 0.25) is 0 Å². The Kier molecular flexibility index (Phi) is 4.65. The van der Waals surface area contributed by atoms with Crippen LogP contribution in [0.2, 0.25) is 5.02 Å². The van der Waals surface area contributed by atoms with E-state index in [-0.39, 0.29) is 5.75 Å². The van der Waals surface area contributed by atoms with Gasteiger partial charge >= 0.3 is 0 Å². The van der Waals surface area contributed by atoms with E-state index in [1.54, 1.807) is 24.3 Å². The number of para-hydroxylation sites is 1. The number of rotatable bonds is 4. The lowest BCUT2D eigenvalue weighted by Gasteiger charge is -2.16. The Morgan fingerprint density at radius 3 is 2.71 bits per heavy atom. The lowest BCUT2D eigenvalue weighted by molar-refractivity contribution is -0.122. The molecule has 0 fully saturated rings. The van der Waals surface area contributed by atoms with E-state index in [0.717, 1.165) is 0 Å². The van der Waals surface area contributed by atoms with E-state index in [0.29, 0.717) is 16.4 Å². The highest BCUT2D eigenvalue weighted by Crippen LogP contribution is 2.23. The molecule has 0 aliphatic carbocycles. The highest BCUT2D eigenvalue weighted by molar-refractivity contribution is 6.31. The molecule has 110 valence electrons. The predicted molar refractivity (Wildman–Crippen MR) is 81.0 cm³/mol. The third-order valence-electron chi connectivity index (χ3n) is 2.78. The first-order valence-electron chi connectivity index (χ1n) is 6.24. The van der Waals surface area contributed by atoms with Gasteiger partial charge in [0.1, 0.15) is 0 Å². The zero-order valence-corrected chi connectivity index (χ0v) is 12.0. The van der Waals surface area contributed by atoms with Gasteiger partial charge < -0.3 is 15.8 Å². The third kappa shape index (κ3) is 3.86. The lowest BCUT2D eigenvalue weighted by atomic mass is 10.2. The maximum Gasteiger partial charge on any atom is 0.265 e. The number of carbonyl (C=O) groups is 1. The molecule has 0 spiro atoms. The van der Waals surface area contributed by atoms with Crippen molar-refractivity contribution in [1.82, 2.24) is 0 Å². The second-order valence-corrected chi connectivity index (χ2v) is 4.85. The number of nitrogens with one attached hydrogen (secondary N) is 1. The standard InChI is InChI=1S/C15H14ClFN2O2/c1-9(21-14-5-3-2-4-11(14)17)15(20)19-13-7-6-10(16)8-12(13)18/h2-9H,18H2,1H3,(H,19,20). The molecule has 1 amide bonds. The summed E-state index contributed by atoms with van der Waals surface area (Å²) in [4.78, 5) is 12.0. The maximum atomic E-state index is 13.5. The number of carbonyl (C=O) groups excluding carboxylic acids is 1. The Hall–Kier alpha value is -2.27. The van der Waals surface area contributed by atoms with Crippen molar-refractivity contribution >= 4 is 28.9 Å². The number of hydrogen-bond donors (Lipinski definition) is 2. The topological polar surface area (TPSA) is 64.3 Å². The number of amides is 1. The Labute approximate surface area is 126 Å². The highest BCUT2D eigenvalue weighted by atomic mass is 35.5. The third-order valence-corrected chi connectivity index (χ3v) is 3.02. The Morgan fingerprint density at radius 2 is 2.05 bits per heavy atom. The van der Waals surface area contributed by atoms with Gasteiger partial charge in [-0.3, -0.25) is 4.79 Å². The Bertz CT molecular complexity index is 664. The van der Waals surface area contributed by atoms with Gasteiger partial charge in [0.05, 0.1) is 11.4 Å². The van der Waals surface area contributed by atoms with Crippen molar-refractivity contribution in [2.45, 2.75) is 13.0 Å². The van der Waals surface area contributed by atoms with Gasteiger partial charge in [-0.25, -0.2) is 4.39 Å². The summed E-state index contributed by atoms with van der Waals surface area (Å²) in [5, 5.41) is 3.08. The average Bonchev–Trinajstić information content (AvgIpc) is 2.44. The number of hydrogen-bond acceptors (Lipinski definition) is 3. The van der Waals surface area contributed by atoms with Gasteiger partial charge in [0.15, 0.2) is 17.7 Å². The van der Waals surface area contributed by atoms with Crippen molar-refractivity contribution in [3.05, 3.63) is 53.3 Å². The molecule has 1 unspecified atom stereocenters. The van der Waals surface area contributed by atoms with Gasteiger partial charge in [0.25, 0.3) is 5.91 Å². The molecule has 2 rings (SSSR count). The van der Waals surface area contributed by atoms with Crippen molar-refractivity contribution < 1.29 is 13.9 Å². The molecule has 3 N–H and O–H groups in total. The van der Waals surface area contributed by atoms with E-state index < -0.39 is 17.8 Å². The quantitative estimate of drug-likeness (QED) is 0.850. The van der Waals surface area contributed by atoms with E-state index in [2.05, 4.69) is 5.32 Å². The Balaban J connectivity index is 2.04. The molecule has 0 aliphatic rings. The molecule has 0 radical (unpaired) electrons. The van der Waals surface area contributed by atoms with E-state index in [4.69, 9.17) is 22.1 Å². The SMILES string of the molecule is CC(Oc1ccccc1F)C(=O)Nc1ccc(Cl)cc1N. The molecule has 0 heterocycles. The monoisotopic (exact) mass is 308 g/mol. The van der Waals surface area contributed by atoms with Crippen LogP contribution in [0.1, 0.15) is 6.92 Å². The highest BCUT2D eigenvalue weighted by Gasteiger charge is 2.17. The zero-order valence-electron chi connectivity index (χ0n) is 11.3. The minimum Gasteiger partial charge on any atom is -0.478 e. The van der Waals surface area contributed by atoms with Crippen molar-refractivity contribution in [2.24, 2.45) is 0 Å². The second-order valence-electron chi connectivity index (χ2n) is 4.41. The summed E-state index contributed by atoms with van der Waals surface area (Å²) in [5.74, 6) is -0.945. The van der Waals surface area contributed by atoms with Gasteiger partial charge in [-0.15, -0.1) is 0 Å². The van der Waals surface area contributed by atoms with Crippen LogP contribution in [0.5, 0.6) is 5.75 Å². The van der Waals surface area contributed by atoms with Crippen LogP contribution in [0.25, 0.3) is 0 Å². The number of benzene rings is 2. The number of anilines is 2. The fraction of sp³-hybridized carbons (Fsp3) is 0.133. The molecule has 0 aliphatic heterocycles. The number of nitrogen functional groups attached to an aromatic ring is 1. The Morgan fingerprint density at radius 1 is 1.33 bits per heavy atom. The minimum absolute atomic E-state index is 0.0178. The summed E-state index contributed by atoms with van der Waals surface area (Å²) < 4.78 is 18.7. The molecule has 4 nitrogen and oxygen atoms in total. The lowest BCUT2D eigenvalue weighted by Crippen LogP contribution is -2.30. The first kappa shape index (κ1) is 15.1. The summed E-state index contributed by atoms with van der Waals surface area (Å²) >= 11 is 5.78. The van der Waals surface area contributed by atoms with Gasteiger partial charge in [-0.2, -0.15) is 0 Å². The molecule has 0 saturated carbocycles. The van der Waals surface area contributed by atoms with Crippen LogP contribution in [0, 0.1) is 5.82 Å². The van der Waals surface area contributed by atoms with Crippen molar-refractivity contribution in [1.29, 1.82) is 0 Å². The smallest absolute Gasteiger partial charge is 0.265 e. The second kappa shape index (κ2) is 6.45. The van der Waals surface area contributed by atoms with E-state index in [1.165, 1.54) is 25.1 Å². The van der Waals surface area contributed by atoms with Crippen LogP contribution in [0.4, 0.5) is 15.8 Å². The zero-order chi connectivity index (χ0) is 15.4. The molecule has 0 aromatic heterocycles. The van der Waals surface area contributed by atoms with Crippen molar-refractivity contribution in [2.75, 3.05) is 11.1 Å². The summed E-state index contributed by atoms with van der Waals surface area (Å²) in [6.07, 6.45) is -0.878. The molecular formula is C15H14ClFN2O2. The average molecular weight is 309 g/mol. The van der Waals surface area contributed by atoms with Crippen molar-refractivity contribution in [3.8, 4) is 5.75 Å². The molecule has 6 heteroatoms. The summed E-state index contributed by atoms with van der Waals surface area (Å²) in [7, 11) is 0. The van der Waals surface area contributed by atoms with Crippen LogP contribution >= 0.6 is 11.6 Å². The predicted octanol–water partition coefficient (Wildman–Crippen LogP) is 3.47. The summed E-state index contributed by atoms with van der Waals surface area (Å²) in [5.41, 5.74) is 6.51. The molecule has 21 heavy (non-hydrogen) atoms. The van der Waals surface area contributed by atoms with Crippen molar-refractivity contribution in [3.63, 3.8) is 0 Å². The van der Waals surface area contributed by atoms with Crippen LogP contribution in [-0.2, 0) is 4.79 Å². The largest absolute Gasteiger partial charge is 0.478 e. The van der Waals surface area contributed by atoms with Gasteiger partial charge in [-0.1, -0.05) is 23.7 Å². The number of nitrogens with two attached hydrogens (primary N) is 1. The molecule has 2 aromatic rings. The van der Waals surface area contributed by atoms with E-state index in [9.17, 15) is 9.18 Å².